The Morgan fingerprint density at radius 2 is 1.73 bits per heavy atom. The van der Waals surface area contributed by atoms with Crippen LogP contribution in [0.2, 0.25) is 0 Å². The second-order valence-corrected chi connectivity index (χ2v) is 5.74. The molecule has 3 aromatic rings. The van der Waals surface area contributed by atoms with Gasteiger partial charge in [0.1, 0.15) is 24.4 Å². The molecule has 0 fully saturated rings. The maximum Gasteiger partial charge on any atom is 0.274 e. The molecule has 2 amide bonds. The largest absolute Gasteiger partial charge is 0.324 e. The number of benzene rings is 1. The van der Waals surface area contributed by atoms with Crippen molar-refractivity contribution in [2.24, 2.45) is 0 Å². The molecule has 8 heteroatoms. The van der Waals surface area contributed by atoms with Gasteiger partial charge in [-0.2, -0.15) is 5.10 Å². The Bertz CT molecular complexity index is 906. The van der Waals surface area contributed by atoms with Crippen molar-refractivity contribution >= 4 is 23.2 Å². The molecule has 0 aliphatic carbocycles. The van der Waals surface area contributed by atoms with Gasteiger partial charge < -0.3 is 10.6 Å². The SMILES string of the molecule is Cc1cccc(C(=O)Nc2ccc(NC(=O)C(C)n3cncn3)cc2)n1. The topological polar surface area (TPSA) is 102 Å². The fourth-order valence-corrected chi connectivity index (χ4v) is 2.29. The Kier molecular flexibility index (Phi) is 5.02. The number of amides is 2. The van der Waals surface area contributed by atoms with E-state index in [0.29, 0.717) is 17.1 Å². The van der Waals surface area contributed by atoms with Gasteiger partial charge in [-0.05, 0) is 50.2 Å². The number of hydrogen-bond donors (Lipinski definition) is 2. The van der Waals surface area contributed by atoms with E-state index in [4.69, 9.17) is 0 Å². The van der Waals surface area contributed by atoms with Gasteiger partial charge in [0.2, 0.25) is 5.91 Å². The van der Waals surface area contributed by atoms with Crippen molar-refractivity contribution in [3.05, 3.63) is 66.5 Å². The van der Waals surface area contributed by atoms with Crippen LogP contribution in [0.5, 0.6) is 0 Å². The summed E-state index contributed by atoms with van der Waals surface area (Å²) in [6.07, 6.45) is 2.87. The van der Waals surface area contributed by atoms with Crippen molar-refractivity contribution in [3.8, 4) is 0 Å². The molecule has 2 aromatic heterocycles. The summed E-state index contributed by atoms with van der Waals surface area (Å²) in [6.45, 7) is 3.56. The first-order valence-electron chi connectivity index (χ1n) is 8.03. The number of nitrogens with one attached hydrogen (secondary N) is 2. The molecule has 0 aliphatic rings. The molecule has 3 rings (SSSR count). The van der Waals surface area contributed by atoms with E-state index in [2.05, 4.69) is 25.7 Å². The molecule has 8 nitrogen and oxygen atoms in total. The van der Waals surface area contributed by atoms with E-state index in [1.165, 1.54) is 17.3 Å². The van der Waals surface area contributed by atoms with Crippen molar-refractivity contribution in [2.45, 2.75) is 19.9 Å². The molecule has 0 saturated carbocycles. The summed E-state index contributed by atoms with van der Waals surface area (Å²) >= 11 is 0. The first-order valence-corrected chi connectivity index (χ1v) is 8.03. The maximum absolute atomic E-state index is 12.2. The van der Waals surface area contributed by atoms with E-state index in [-0.39, 0.29) is 11.8 Å². The zero-order valence-corrected chi connectivity index (χ0v) is 14.4. The third kappa shape index (κ3) is 4.10. The van der Waals surface area contributed by atoms with Crippen LogP contribution in [0, 0.1) is 6.92 Å². The lowest BCUT2D eigenvalue weighted by atomic mass is 10.2. The van der Waals surface area contributed by atoms with Crippen LogP contribution in [-0.2, 0) is 4.79 Å². The van der Waals surface area contributed by atoms with Gasteiger partial charge in [-0.15, -0.1) is 0 Å². The molecule has 0 bridgehead atoms. The smallest absolute Gasteiger partial charge is 0.274 e. The number of rotatable bonds is 5. The van der Waals surface area contributed by atoms with Gasteiger partial charge in [0.25, 0.3) is 5.91 Å². The Labute approximate surface area is 150 Å². The van der Waals surface area contributed by atoms with Gasteiger partial charge in [0, 0.05) is 17.1 Å². The van der Waals surface area contributed by atoms with E-state index >= 15 is 0 Å². The summed E-state index contributed by atoms with van der Waals surface area (Å²) in [5.74, 6) is -0.499. The Morgan fingerprint density at radius 1 is 1.04 bits per heavy atom. The molecule has 2 N–H and O–H groups in total. The van der Waals surface area contributed by atoms with Gasteiger partial charge in [-0.1, -0.05) is 6.07 Å². The molecule has 26 heavy (non-hydrogen) atoms. The van der Waals surface area contributed by atoms with Crippen LogP contribution in [0.15, 0.2) is 55.1 Å². The standard InChI is InChI=1S/C18H18N6O2/c1-12-4-3-5-16(21-12)18(26)23-15-8-6-14(7-9-15)22-17(25)13(2)24-11-19-10-20-24/h3-11,13H,1-2H3,(H,22,25)(H,23,26). The Morgan fingerprint density at radius 3 is 2.35 bits per heavy atom. The molecule has 2 heterocycles. The predicted octanol–water partition coefficient (Wildman–Crippen LogP) is 2.43. The third-order valence-corrected chi connectivity index (χ3v) is 3.74. The van der Waals surface area contributed by atoms with E-state index < -0.39 is 6.04 Å². The van der Waals surface area contributed by atoms with E-state index in [1.807, 2.05) is 13.0 Å². The molecule has 132 valence electrons. The van der Waals surface area contributed by atoms with Gasteiger partial charge >= 0.3 is 0 Å². The Hall–Kier alpha value is -3.55. The van der Waals surface area contributed by atoms with Gasteiger partial charge in [0.15, 0.2) is 0 Å². The number of pyridine rings is 1. The molecule has 0 spiro atoms. The summed E-state index contributed by atoms with van der Waals surface area (Å²) in [4.78, 5) is 32.4. The first-order chi connectivity index (χ1) is 12.5. The molecule has 1 atom stereocenters. The lowest BCUT2D eigenvalue weighted by Gasteiger charge is -2.12. The van der Waals surface area contributed by atoms with E-state index in [9.17, 15) is 9.59 Å². The summed E-state index contributed by atoms with van der Waals surface area (Å²) in [5.41, 5.74) is 2.36. The minimum atomic E-state index is -0.482. The molecule has 0 aliphatic heterocycles. The van der Waals surface area contributed by atoms with Crippen molar-refractivity contribution in [2.75, 3.05) is 10.6 Å². The highest BCUT2D eigenvalue weighted by atomic mass is 16.2. The van der Waals surface area contributed by atoms with Crippen LogP contribution in [0.4, 0.5) is 11.4 Å². The molecule has 1 unspecified atom stereocenters. The molecular formula is C18H18N6O2. The summed E-state index contributed by atoms with van der Waals surface area (Å²) in [6, 6.07) is 11.6. The zero-order valence-electron chi connectivity index (χ0n) is 14.4. The number of aryl methyl sites for hydroxylation is 1. The maximum atomic E-state index is 12.2. The highest BCUT2D eigenvalue weighted by molar-refractivity contribution is 6.03. The number of nitrogens with zero attached hydrogens (tertiary/aromatic N) is 4. The molecular weight excluding hydrogens is 332 g/mol. The highest BCUT2D eigenvalue weighted by Gasteiger charge is 2.15. The minimum absolute atomic E-state index is 0.212. The summed E-state index contributed by atoms with van der Waals surface area (Å²) in [5, 5.41) is 9.52. The van der Waals surface area contributed by atoms with Crippen molar-refractivity contribution in [1.82, 2.24) is 19.7 Å². The van der Waals surface area contributed by atoms with Crippen LogP contribution >= 0.6 is 0 Å². The zero-order chi connectivity index (χ0) is 18.5. The van der Waals surface area contributed by atoms with Gasteiger partial charge in [-0.3, -0.25) is 9.59 Å². The van der Waals surface area contributed by atoms with E-state index in [0.717, 1.165) is 5.69 Å². The molecule has 0 radical (unpaired) electrons. The highest BCUT2D eigenvalue weighted by Crippen LogP contribution is 2.16. The quantitative estimate of drug-likeness (QED) is 0.736. The van der Waals surface area contributed by atoms with E-state index in [1.54, 1.807) is 43.3 Å². The van der Waals surface area contributed by atoms with Crippen LogP contribution in [-0.4, -0.2) is 31.6 Å². The Balaban J connectivity index is 1.61. The number of aromatic nitrogens is 4. The average molecular weight is 350 g/mol. The fourth-order valence-electron chi connectivity index (χ4n) is 2.29. The molecule has 0 saturated heterocycles. The predicted molar refractivity (Wildman–Crippen MR) is 96.7 cm³/mol. The minimum Gasteiger partial charge on any atom is -0.324 e. The number of hydrogen-bond acceptors (Lipinski definition) is 5. The third-order valence-electron chi connectivity index (χ3n) is 3.74. The summed E-state index contributed by atoms with van der Waals surface area (Å²) in [7, 11) is 0. The van der Waals surface area contributed by atoms with Gasteiger partial charge in [-0.25, -0.2) is 14.6 Å². The van der Waals surface area contributed by atoms with Crippen molar-refractivity contribution in [3.63, 3.8) is 0 Å². The van der Waals surface area contributed by atoms with Crippen molar-refractivity contribution in [1.29, 1.82) is 0 Å². The normalized spacial score (nSPS) is 11.6. The number of anilines is 2. The van der Waals surface area contributed by atoms with Gasteiger partial charge in [0.05, 0.1) is 0 Å². The monoisotopic (exact) mass is 350 g/mol. The van der Waals surface area contributed by atoms with Crippen LogP contribution in [0.1, 0.15) is 29.1 Å². The van der Waals surface area contributed by atoms with Crippen LogP contribution < -0.4 is 10.6 Å². The average Bonchev–Trinajstić information content (AvgIpc) is 3.17. The van der Waals surface area contributed by atoms with Crippen LogP contribution in [0.3, 0.4) is 0 Å². The van der Waals surface area contributed by atoms with Crippen molar-refractivity contribution < 1.29 is 9.59 Å². The fraction of sp³-hybridized carbons (Fsp3) is 0.167. The second kappa shape index (κ2) is 7.56. The second-order valence-electron chi connectivity index (χ2n) is 5.74. The number of carbonyl (C=O) groups excluding carboxylic acids is 2. The number of carbonyl (C=O) groups is 2. The summed E-state index contributed by atoms with van der Waals surface area (Å²) < 4.78 is 1.47. The lowest BCUT2D eigenvalue weighted by Crippen LogP contribution is -2.24. The lowest BCUT2D eigenvalue weighted by molar-refractivity contribution is -0.119. The molecule has 1 aromatic carbocycles. The van der Waals surface area contributed by atoms with Crippen LogP contribution in [0.25, 0.3) is 0 Å². The first kappa shape index (κ1) is 17.3.